The zero-order valence-electron chi connectivity index (χ0n) is 14.6. The molecule has 132 valence electrons. The summed E-state index contributed by atoms with van der Waals surface area (Å²) >= 11 is 0. The second-order valence-corrected chi connectivity index (χ2v) is 6.97. The molecule has 2 aromatic carbocycles. The molecule has 2 aliphatic rings. The van der Waals surface area contributed by atoms with Gasteiger partial charge in [0.1, 0.15) is 0 Å². The molecule has 4 rings (SSSR count). The molecular formula is C21H20N2O3. The van der Waals surface area contributed by atoms with E-state index in [9.17, 15) is 14.4 Å². The van der Waals surface area contributed by atoms with Crippen LogP contribution in [0.4, 0.5) is 0 Å². The van der Waals surface area contributed by atoms with Gasteiger partial charge >= 0.3 is 0 Å². The Balaban J connectivity index is 1.45. The van der Waals surface area contributed by atoms with E-state index in [4.69, 9.17) is 0 Å². The number of nitrogens with zero attached hydrogens (tertiary/aromatic N) is 2. The van der Waals surface area contributed by atoms with Gasteiger partial charge in [0.15, 0.2) is 0 Å². The van der Waals surface area contributed by atoms with Crippen molar-refractivity contribution in [2.75, 3.05) is 13.1 Å². The molecule has 5 nitrogen and oxygen atoms in total. The summed E-state index contributed by atoms with van der Waals surface area (Å²) in [6.07, 6.45) is 0.974. The number of benzene rings is 2. The minimum atomic E-state index is -0.247. The van der Waals surface area contributed by atoms with Gasteiger partial charge in [-0.3, -0.25) is 19.3 Å². The Bertz CT molecular complexity index is 871. The minimum Gasteiger partial charge on any atom is -0.340 e. The molecule has 1 atom stereocenters. The van der Waals surface area contributed by atoms with Gasteiger partial charge in [-0.15, -0.1) is 0 Å². The van der Waals surface area contributed by atoms with Crippen LogP contribution in [0.15, 0.2) is 48.5 Å². The lowest BCUT2D eigenvalue weighted by molar-refractivity contribution is -0.129. The van der Waals surface area contributed by atoms with Crippen LogP contribution in [0.1, 0.15) is 38.3 Å². The molecule has 0 saturated carbocycles. The maximum absolute atomic E-state index is 12.6. The van der Waals surface area contributed by atoms with Gasteiger partial charge < -0.3 is 4.90 Å². The van der Waals surface area contributed by atoms with E-state index < -0.39 is 0 Å². The molecule has 0 aliphatic carbocycles. The zero-order chi connectivity index (χ0) is 18.3. The monoisotopic (exact) mass is 348 g/mol. The summed E-state index contributed by atoms with van der Waals surface area (Å²) in [6.45, 7) is 2.99. The Morgan fingerprint density at radius 1 is 1.04 bits per heavy atom. The van der Waals surface area contributed by atoms with Gasteiger partial charge in [0.25, 0.3) is 11.8 Å². The molecule has 2 aromatic rings. The number of likely N-dealkylation sites (tertiary alicyclic amines) is 1. The van der Waals surface area contributed by atoms with Gasteiger partial charge in [-0.2, -0.15) is 0 Å². The van der Waals surface area contributed by atoms with E-state index in [1.54, 1.807) is 29.2 Å². The normalized spacial score (nSPS) is 19.2. The lowest BCUT2D eigenvalue weighted by Crippen LogP contribution is -2.42. The average molecular weight is 348 g/mol. The highest BCUT2D eigenvalue weighted by atomic mass is 16.2. The van der Waals surface area contributed by atoms with Crippen molar-refractivity contribution >= 4 is 17.7 Å². The second kappa shape index (κ2) is 6.41. The number of carbonyl (C=O) groups excluding carboxylic acids is 3. The number of hydrogen-bond donors (Lipinski definition) is 0. The minimum absolute atomic E-state index is 0.0368. The smallest absolute Gasteiger partial charge is 0.261 e. The molecule has 5 heteroatoms. The van der Waals surface area contributed by atoms with Gasteiger partial charge in [-0.1, -0.05) is 42.0 Å². The van der Waals surface area contributed by atoms with Gasteiger partial charge in [0.2, 0.25) is 5.91 Å². The Kier molecular flexibility index (Phi) is 4.07. The molecule has 1 unspecified atom stereocenters. The fourth-order valence-electron chi connectivity index (χ4n) is 3.83. The van der Waals surface area contributed by atoms with Gasteiger partial charge in [0.05, 0.1) is 23.6 Å². The first-order valence-electron chi connectivity index (χ1n) is 8.85. The summed E-state index contributed by atoms with van der Waals surface area (Å²) in [5, 5.41) is 0. The summed E-state index contributed by atoms with van der Waals surface area (Å²) in [4.78, 5) is 40.9. The average Bonchev–Trinajstić information content (AvgIpc) is 3.20. The van der Waals surface area contributed by atoms with E-state index >= 15 is 0 Å². The van der Waals surface area contributed by atoms with Crippen molar-refractivity contribution in [3.8, 4) is 0 Å². The molecule has 3 amide bonds. The van der Waals surface area contributed by atoms with Crippen LogP contribution in [0.5, 0.6) is 0 Å². The Hall–Kier alpha value is -2.95. The third-order valence-corrected chi connectivity index (χ3v) is 5.14. The summed E-state index contributed by atoms with van der Waals surface area (Å²) in [5.41, 5.74) is 3.03. The molecule has 0 bridgehead atoms. The molecule has 1 saturated heterocycles. The lowest BCUT2D eigenvalue weighted by Gasteiger charge is -2.22. The van der Waals surface area contributed by atoms with E-state index in [-0.39, 0.29) is 23.8 Å². The van der Waals surface area contributed by atoms with Crippen LogP contribution in [-0.4, -0.2) is 46.7 Å². The first kappa shape index (κ1) is 16.5. The van der Waals surface area contributed by atoms with Crippen LogP contribution < -0.4 is 0 Å². The predicted molar refractivity (Wildman–Crippen MR) is 96.8 cm³/mol. The molecule has 2 aliphatic heterocycles. The third kappa shape index (κ3) is 2.79. The summed E-state index contributed by atoms with van der Waals surface area (Å²) < 4.78 is 0. The maximum atomic E-state index is 12.6. The van der Waals surface area contributed by atoms with Crippen LogP contribution in [0.3, 0.4) is 0 Å². The molecule has 26 heavy (non-hydrogen) atoms. The maximum Gasteiger partial charge on any atom is 0.261 e. The Labute approximate surface area is 152 Å². The van der Waals surface area contributed by atoms with Crippen LogP contribution in [-0.2, 0) is 11.2 Å². The van der Waals surface area contributed by atoms with Crippen LogP contribution in [0.2, 0.25) is 0 Å². The topological polar surface area (TPSA) is 57.7 Å². The highest BCUT2D eigenvalue weighted by molar-refractivity contribution is 6.21. The van der Waals surface area contributed by atoms with E-state index in [1.807, 2.05) is 31.2 Å². The number of rotatable bonds is 3. The van der Waals surface area contributed by atoms with Crippen LogP contribution in [0.25, 0.3) is 0 Å². The molecule has 0 N–H and O–H groups in total. The standard InChI is InChI=1S/C21H20N2O3/c1-14-5-4-6-15(11-14)12-19(24)22-10-9-16(13-22)23-20(25)17-7-2-3-8-18(17)21(23)26/h2-8,11,16H,9-10,12-13H2,1H3. The quantitative estimate of drug-likeness (QED) is 0.801. The van der Waals surface area contributed by atoms with E-state index in [2.05, 4.69) is 0 Å². The molecular weight excluding hydrogens is 328 g/mol. The largest absolute Gasteiger partial charge is 0.340 e. The highest BCUT2D eigenvalue weighted by Gasteiger charge is 2.42. The Morgan fingerprint density at radius 3 is 2.38 bits per heavy atom. The molecule has 0 spiro atoms. The van der Waals surface area contributed by atoms with Crippen molar-refractivity contribution in [1.29, 1.82) is 0 Å². The van der Waals surface area contributed by atoms with Crippen molar-refractivity contribution in [2.24, 2.45) is 0 Å². The number of carbonyl (C=O) groups is 3. The van der Waals surface area contributed by atoms with Gasteiger partial charge in [0, 0.05) is 13.1 Å². The van der Waals surface area contributed by atoms with Crippen molar-refractivity contribution in [3.63, 3.8) is 0 Å². The number of imide groups is 1. The number of amides is 3. The first-order valence-corrected chi connectivity index (χ1v) is 8.85. The van der Waals surface area contributed by atoms with Gasteiger partial charge in [-0.25, -0.2) is 0 Å². The van der Waals surface area contributed by atoms with Crippen LogP contribution in [0, 0.1) is 6.92 Å². The van der Waals surface area contributed by atoms with Crippen molar-refractivity contribution in [1.82, 2.24) is 9.80 Å². The zero-order valence-corrected chi connectivity index (χ0v) is 14.6. The Morgan fingerprint density at radius 2 is 1.73 bits per heavy atom. The fraction of sp³-hybridized carbons (Fsp3) is 0.286. The predicted octanol–water partition coefficient (Wildman–Crippen LogP) is 2.43. The first-order chi connectivity index (χ1) is 12.5. The van der Waals surface area contributed by atoms with Crippen LogP contribution >= 0.6 is 0 Å². The summed E-state index contributed by atoms with van der Waals surface area (Å²) in [5.74, 6) is -0.457. The van der Waals surface area contributed by atoms with E-state index in [1.165, 1.54) is 4.90 Å². The second-order valence-electron chi connectivity index (χ2n) is 6.97. The molecule has 0 radical (unpaired) electrons. The summed E-state index contributed by atoms with van der Waals surface area (Å²) in [7, 11) is 0. The highest BCUT2D eigenvalue weighted by Crippen LogP contribution is 2.28. The molecule has 1 fully saturated rings. The fourth-order valence-corrected chi connectivity index (χ4v) is 3.83. The lowest BCUT2D eigenvalue weighted by atomic mass is 10.1. The van der Waals surface area contributed by atoms with Crippen molar-refractivity contribution < 1.29 is 14.4 Å². The van der Waals surface area contributed by atoms with Crippen molar-refractivity contribution in [3.05, 3.63) is 70.8 Å². The number of fused-ring (bicyclic) bond motifs is 1. The number of hydrogen-bond acceptors (Lipinski definition) is 3. The van der Waals surface area contributed by atoms with Gasteiger partial charge in [-0.05, 0) is 31.0 Å². The third-order valence-electron chi connectivity index (χ3n) is 5.14. The number of aryl methyl sites for hydroxylation is 1. The molecule has 0 aromatic heterocycles. The van der Waals surface area contributed by atoms with E-state index in [0.29, 0.717) is 37.1 Å². The van der Waals surface area contributed by atoms with Crippen molar-refractivity contribution in [2.45, 2.75) is 25.8 Å². The molecule has 2 heterocycles. The summed E-state index contributed by atoms with van der Waals surface area (Å²) in [6, 6.07) is 14.6. The SMILES string of the molecule is Cc1cccc(CC(=O)N2CCC(N3C(=O)c4ccccc4C3=O)C2)c1. The van der Waals surface area contributed by atoms with E-state index in [0.717, 1.165) is 11.1 Å².